The first-order valence-electron chi connectivity index (χ1n) is 7.80. The Morgan fingerprint density at radius 2 is 1.85 bits per heavy atom. The van der Waals surface area contributed by atoms with Crippen LogP contribution in [0.25, 0.3) is 0 Å². The van der Waals surface area contributed by atoms with Gasteiger partial charge < -0.3 is 26.0 Å². The summed E-state index contributed by atoms with van der Waals surface area (Å²) >= 11 is -2.31. The summed E-state index contributed by atoms with van der Waals surface area (Å²) in [5, 5.41) is 22.0. The summed E-state index contributed by atoms with van der Waals surface area (Å²) in [6, 6.07) is 12.6. The fourth-order valence-corrected chi connectivity index (χ4v) is 2.75. The maximum Gasteiger partial charge on any atom is 0.256 e. The summed E-state index contributed by atoms with van der Waals surface area (Å²) < 4.78 is 21.8. The number of nitrogens with one attached hydrogen (secondary N) is 3. The molecule has 0 fully saturated rings. The summed E-state index contributed by atoms with van der Waals surface area (Å²) in [6.45, 7) is 0.370. The van der Waals surface area contributed by atoms with Gasteiger partial charge in [0.1, 0.15) is 17.1 Å². The zero-order valence-electron chi connectivity index (χ0n) is 13.9. The van der Waals surface area contributed by atoms with E-state index in [1.165, 1.54) is 12.1 Å². The highest BCUT2D eigenvalue weighted by atomic mass is 32.2. The molecule has 27 heavy (non-hydrogen) atoms. The van der Waals surface area contributed by atoms with Gasteiger partial charge in [0.2, 0.25) is 0 Å². The van der Waals surface area contributed by atoms with E-state index in [9.17, 15) is 18.7 Å². The van der Waals surface area contributed by atoms with Crippen LogP contribution in [0.3, 0.4) is 0 Å². The van der Waals surface area contributed by atoms with Crippen molar-refractivity contribution in [2.75, 3.05) is 10.6 Å². The Balaban J connectivity index is 1.77. The van der Waals surface area contributed by atoms with Crippen LogP contribution in [0, 0.1) is 0 Å². The smallest absolute Gasteiger partial charge is 0.256 e. The van der Waals surface area contributed by atoms with Crippen molar-refractivity contribution in [3.05, 3.63) is 59.7 Å². The lowest BCUT2D eigenvalue weighted by Crippen LogP contribution is -2.15. The molecular weight excluding hydrogens is 370 g/mol. The largest absolute Gasteiger partial charge is 0.768 e. The Morgan fingerprint density at radius 1 is 1.19 bits per heavy atom. The normalized spacial score (nSPS) is 11.7. The lowest BCUT2D eigenvalue weighted by Gasteiger charge is -2.09. The van der Waals surface area contributed by atoms with Crippen molar-refractivity contribution in [1.29, 1.82) is 0 Å². The third-order valence-electron chi connectivity index (χ3n) is 3.73. The number of carbonyl (C=O) groups is 1. The summed E-state index contributed by atoms with van der Waals surface area (Å²) in [5.74, 6) is 0.0356. The zero-order valence-corrected chi connectivity index (χ0v) is 14.7. The van der Waals surface area contributed by atoms with E-state index in [-0.39, 0.29) is 27.8 Å². The molecule has 0 aliphatic carbocycles. The number of aromatic nitrogens is 2. The number of hydrogen-bond acceptors (Lipinski definition) is 7. The number of rotatable bonds is 7. The number of phenols is 1. The Labute approximate surface area is 156 Å². The fraction of sp³-hybridized carbons (Fsp3) is 0.0588. The number of hydrogen-bond donors (Lipinski definition) is 5. The molecule has 0 saturated heterocycles. The number of benzene rings is 2. The van der Waals surface area contributed by atoms with E-state index in [1.54, 1.807) is 36.4 Å². The molecule has 0 aliphatic rings. The van der Waals surface area contributed by atoms with Gasteiger partial charge in [-0.3, -0.25) is 14.1 Å². The second-order valence-electron chi connectivity index (χ2n) is 5.59. The number of anilines is 3. The molecule has 10 heteroatoms. The molecule has 1 atom stereocenters. The first-order valence-corrected chi connectivity index (χ1v) is 8.88. The molecule has 1 heterocycles. The van der Waals surface area contributed by atoms with Crippen molar-refractivity contribution in [2.24, 2.45) is 5.73 Å². The zero-order chi connectivity index (χ0) is 19.4. The van der Waals surface area contributed by atoms with E-state index in [1.807, 2.05) is 0 Å². The van der Waals surface area contributed by atoms with E-state index in [2.05, 4.69) is 20.8 Å². The van der Waals surface area contributed by atoms with Gasteiger partial charge in [0, 0.05) is 17.1 Å². The van der Waals surface area contributed by atoms with Gasteiger partial charge in [0.25, 0.3) is 5.91 Å². The number of amides is 1. The highest BCUT2D eigenvalue weighted by Gasteiger charge is 2.18. The summed E-state index contributed by atoms with van der Waals surface area (Å²) in [5.41, 5.74) is 7.05. The standard InChI is InChI=1S/C17H17N5O4S/c18-15(24)14-16(19-9-10-1-5-12(23)6-2-10)21-22-17(14)20-11-3-7-13(8-4-11)27(25)26/h1-8,23H,9H2,(H2,18,24)(H,25,26)(H3,19,20,21,22)/p-1. The summed E-state index contributed by atoms with van der Waals surface area (Å²) in [4.78, 5) is 12.0. The minimum atomic E-state index is -2.31. The minimum Gasteiger partial charge on any atom is -0.768 e. The van der Waals surface area contributed by atoms with E-state index < -0.39 is 17.0 Å². The van der Waals surface area contributed by atoms with Gasteiger partial charge in [-0.1, -0.05) is 12.1 Å². The number of nitrogens with two attached hydrogens (primary N) is 1. The molecule has 2 aromatic carbocycles. The molecule has 0 bridgehead atoms. The molecule has 140 valence electrons. The van der Waals surface area contributed by atoms with Crippen LogP contribution in [0.4, 0.5) is 17.3 Å². The maximum absolute atomic E-state index is 11.9. The van der Waals surface area contributed by atoms with Crippen molar-refractivity contribution < 1.29 is 18.7 Å². The number of phenolic OH excluding ortho intramolecular Hbond substituents is 1. The molecule has 1 aromatic heterocycles. The van der Waals surface area contributed by atoms with Crippen molar-refractivity contribution >= 4 is 34.3 Å². The van der Waals surface area contributed by atoms with Crippen LogP contribution in [-0.4, -0.2) is 30.0 Å². The van der Waals surface area contributed by atoms with Crippen LogP contribution < -0.4 is 16.4 Å². The van der Waals surface area contributed by atoms with Crippen LogP contribution in [0.2, 0.25) is 0 Å². The number of carbonyl (C=O) groups excluding carboxylic acids is 1. The van der Waals surface area contributed by atoms with Gasteiger partial charge >= 0.3 is 0 Å². The van der Waals surface area contributed by atoms with Crippen LogP contribution in [0.15, 0.2) is 53.4 Å². The van der Waals surface area contributed by atoms with Crippen LogP contribution >= 0.6 is 0 Å². The summed E-state index contributed by atoms with van der Waals surface area (Å²) in [6.07, 6.45) is 0. The molecule has 0 aliphatic heterocycles. The number of nitrogens with zero attached hydrogens (tertiary/aromatic N) is 1. The molecule has 3 aromatic rings. The van der Waals surface area contributed by atoms with Gasteiger partial charge in [-0.05, 0) is 53.0 Å². The molecule has 0 spiro atoms. The van der Waals surface area contributed by atoms with E-state index in [0.29, 0.717) is 12.2 Å². The SMILES string of the molecule is NC(=O)c1c(NCc2ccc(O)cc2)n[nH]c1Nc1ccc(S(=O)[O-])cc1. The second kappa shape index (κ2) is 7.89. The Morgan fingerprint density at radius 3 is 2.44 bits per heavy atom. The third kappa shape index (κ3) is 4.43. The number of primary amides is 1. The Kier molecular flexibility index (Phi) is 5.38. The highest BCUT2D eigenvalue weighted by molar-refractivity contribution is 7.79. The highest BCUT2D eigenvalue weighted by Crippen LogP contribution is 2.25. The van der Waals surface area contributed by atoms with Crippen LogP contribution in [-0.2, 0) is 17.6 Å². The van der Waals surface area contributed by atoms with E-state index >= 15 is 0 Å². The van der Waals surface area contributed by atoms with Gasteiger partial charge in [-0.25, -0.2) is 0 Å². The molecular formula is C17H16N5O4S-. The van der Waals surface area contributed by atoms with Crippen molar-refractivity contribution in [1.82, 2.24) is 10.2 Å². The molecule has 0 radical (unpaired) electrons. The average Bonchev–Trinajstić information content (AvgIpc) is 3.04. The number of H-pyrrole nitrogens is 1. The topological polar surface area (TPSA) is 156 Å². The molecule has 1 amide bonds. The fourth-order valence-electron chi connectivity index (χ4n) is 2.39. The first kappa shape index (κ1) is 18.4. The monoisotopic (exact) mass is 386 g/mol. The van der Waals surface area contributed by atoms with Gasteiger partial charge in [0.15, 0.2) is 5.82 Å². The lowest BCUT2D eigenvalue weighted by atomic mass is 10.2. The quantitative estimate of drug-likeness (QED) is 0.388. The first-order chi connectivity index (χ1) is 12.9. The van der Waals surface area contributed by atoms with Crippen LogP contribution in [0.1, 0.15) is 15.9 Å². The number of aromatic hydroxyl groups is 1. The average molecular weight is 386 g/mol. The van der Waals surface area contributed by atoms with E-state index in [0.717, 1.165) is 5.56 Å². The van der Waals surface area contributed by atoms with Crippen molar-refractivity contribution in [3.63, 3.8) is 0 Å². The van der Waals surface area contributed by atoms with Gasteiger partial charge in [0.05, 0.1) is 0 Å². The Hall–Kier alpha value is -3.37. The minimum absolute atomic E-state index is 0.144. The van der Waals surface area contributed by atoms with Crippen LogP contribution in [0.5, 0.6) is 5.75 Å². The predicted molar refractivity (Wildman–Crippen MR) is 99.4 cm³/mol. The predicted octanol–water partition coefficient (Wildman–Crippen LogP) is 1.81. The Bertz CT molecular complexity index is 970. The molecule has 6 N–H and O–H groups in total. The molecule has 1 unspecified atom stereocenters. The van der Waals surface area contributed by atoms with Gasteiger partial charge in [-0.15, -0.1) is 0 Å². The van der Waals surface area contributed by atoms with Gasteiger partial charge in [-0.2, -0.15) is 5.10 Å². The second-order valence-corrected chi connectivity index (χ2v) is 6.53. The molecule has 9 nitrogen and oxygen atoms in total. The lowest BCUT2D eigenvalue weighted by molar-refractivity contribution is 0.100. The maximum atomic E-state index is 11.9. The third-order valence-corrected chi connectivity index (χ3v) is 4.38. The molecule has 3 rings (SSSR count). The summed E-state index contributed by atoms with van der Waals surface area (Å²) in [7, 11) is 0. The number of aromatic amines is 1. The molecule has 0 saturated carbocycles. The van der Waals surface area contributed by atoms with Crippen molar-refractivity contribution in [2.45, 2.75) is 11.4 Å². The van der Waals surface area contributed by atoms with Crippen molar-refractivity contribution in [3.8, 4) is 5.75 Å². The van der Waals surface area contributed by atoms with E-state index in [4.69, 9.17) is 5.73 Å².